The summed E-state index contributed by atoms with van der Waals surface area (Å²) in [6.07, 6.45) is 0.884. The highest BCUT2D eigenvalue weighted by Crippen LogP contribution is 2.36. The predicted molar refractivity (Wildman–Crippen MR) is 81.4 cm³/mol. The lowest BCUT2D eigenvalue weighted by Crippen LogP contribution is -2.09. The predicted octanol–water partition coefficient (Wildman–Crippen LogP) is 2.35. The zero-order valence-electron chi connectivity index (χ0n) is 12.0. The van der Waals surface area contributed by atoms with Gasteiger partial charge < -0.3 is 24.7 Å². The minimum absolute atomic E-state index is 0.456. The van der Waals surface area contributed by atoms with Crippen LogP contribution >= 0.6 is 15.9 Å². The van der Waals surface area contributed by atoms with Gasteiger partial charge in [-0.15, -0.1) is 0 Å². The van der Waals surface area contributed by atoms with E-state index in [1.807, 2.05) is 12.1 Å². The number of benzene rings is 1. The largest absolute Gasteiger partial charge is 0.493 e. The van der Waals surface area contributed by atoms with E-state index in [4.69, 9.17) is 24.7 Å². The molecule has 0 aliphatic carbocycles. The maximum atomic E-state index is 5.70. The molecule has 0 aliphatic heterocycles. The van der Waals surface area contributed by atoms with Gasteiger partial charge in [-0.2, -0.15) is 0 Å². The number of nitrogens with two attached hydrogens (primary N) is 1. The molecule has 0 bridgehead atoms. The Morgan fingerprint density at radius 1 is 1.10 bits per heavy atom. The molecule has 2 N–H and O–H groups in total. The van der Waals surface area contributed by atoms with Gasteiger partial charge in [-0.3, -0.25) is 0 Å². The van der Waals surface area contributed by atoms with Crippen LogP contribution < -0.4 is 15.2 Å². The van der Waals surface area contributed by atoms with Gasteiger partial charge >= 0.3 is 0 Å². The minimum Gasteiger partial charge on any atom is -0.493 e. The number of hydrogen-bond acceptors (Lipinski definition) is 5. The maximum Gasteiger partial charge on any atom is 0.175 e. The first kappa shape index (κ1) is 17.2. The Balaban J connectivity index is 2.43. The van der Waals surface area contributed by atoms with E-state index >= 15 is 0 Å². The Bertz CT molecular complexity index is 401. The van der Waals surface area contributed by atoms with Crippen LogP contribution in [0.4, 0.5) is 0 Å². The van der Waals surface area contributed by atoms with E-state index in [2.05, 4.69) is 15.9 Å². The summed E-state index contributed by atoms with van der Waals surface area (Å²) in [7, 11) is 3.29. The van der Waals surface area contributed by atoms with Crippen LogP contribution in [0.25, 0.3) is 0 Å². The summed E-state index contributed by atoms with van der Waals surface area (Å²) in [6.45, 7) is 2.82. The smallest absolute Gasteiger partial charge is 0.175 e. The molecule has 0 spiro atoms. The summed E-state index contributed by atoms with van der Waals surface area (Å²) in [5, 5.41) is 0. The van der Waals surface area contributed by atoms with Crippen LogP contribution in [0.2, 0.25) is 0 Å². The molecular weight excluding hydrogens is 326 g/mol. The van der Waals surface area contributed by atoms with Gasteiger partial charge in [0.1, 0.15) is 6.61 Å². The van der Waals surface area contributed by atoms with E-state index in [-0.39, 0.29) is 0 Å². The van der Waals surface area contributed by atoms with Crippen LogP contribution in [0.3, 0.4) is 0 Å². The summed E-state index contributed by atoms with van der Waals surface area (Å²) in [6, 6.07) is 3.80. The van der Waals surface area contributed by atoms with E-state index in [0.717, 1.165) is 16.5 Å². The van der Waals surface area contributed by atoms with Gasteiger partial charge in [-0.05, 0) is 40.0 Å². The van der Waals surface area contributed by atoms with Crippen LogP contribution in [0.5, 0.6) is 11.5 Å². The monoisotopic (exact) mass is 347 g/mol. The highest BCUT2D eigenvalue weighted by molar-refractivity contribution is 9.10. The standard InChI is InChI=1S/C14H22BrNO4/c1-17-4-3-5-19-6-7-20-14-12(15)8-11(10-16)9-13(14)18-2/h8-9H,3-7,10,16H2,1-2H3. The highest BCUT2D eigenvalue weighted by atomic mass is 79.9. The van der Waals surface area contributed by atoms with Crippen LogP contribution in [0.15, 0.2) is 16.6 Å². The number of rotatable bonds is 10. The van der Waals surface area contributed by atoms with Crippen molar-refractivity contribution < 1.29 is 18.9 Å². The lowest BCUT2D eigenvalue weighted by Gasteiger charge is -2.14. The molecular formula is C14H22BrNO4. The fourth-order valence-corrected chi connectivity index (χ4v) is 2.25. The maximum absolute atomic E-state index is 5.70. The van der Waals surface area contributed by atoms with Crippen molar-refractivity contribution >= 4 is 15.9 Å². The van der Waals surface area contributed by atoms with Crippen LogP contribution in [-0.2, 0) is 16.0 Å². The van der Waals surface area contributed by atoms with Gasteiger partial charge in [0.25, 0.3) is 0 Å². The van der Waals surface area contributed by atoms with E-state index in [9.17, 15) is 0 Å². The first-order valence-electron chi connectivity index (χ1n) is 6.48. The first-order valence-corrected chi connectivity index (χ1v) is 7.28. The molecule has 114 valence electrons. The van der Waals surface area contributed by atoms with Crippen molar-refractivity contribution in [2.75, 3.05) is 40.6 Å². The Morgan fingerprint density at radius 2 is 1.90 bits per heavy atom. The van der Waals surface area contributed by atoms with Crippen molar-refractivity contribution in [1.29, 1.82) is 0 Å². The Kier molecular flexibility index (Phi) is 8.60. The van der Waals surface area contributed by atoms with E-state index in [0.29, 0.717) is 44.5 Å². The summed E-state index contributed by atoms with van der Waals surface area (Å²) in [5.41, 5.74) is 6.61. The molecule has 0 saturated carbocycles. The first-order chi connectivity index (χ1) is 9.72. The Hall–Kier alpha value is -0.820. The summed E-state index contributed by atoms with van der Waals surface area (Å²) < 4.78 is 22.2. The van der Waals surface area contributed by atoms with E-state index in [1.165, 1.54) is 0 Å². The average Bonchev–Trinajstić information content (AvgIpc) is 2.47. The van der Waals surface area contributed by atoms with Gasteiger partial charge in [0.05, 0.1) is 18.2 Å². The van der Waals surface area contributed by atoms with Crippen molar-refractivity contribution in [2.45, 2.75) is 13.0 Å². The summed E-state index contributed by atoms with van der Waals surface area (Å²) in [5.74, 6) is 1.34. The van der Waals surface area contributed by atoms with E-state index in [1.54, 1.807) is 14.2 Å². The van der Waals surface area contributed by atoms with Gasteiger partial charge in [-0.1, -0.05) is 0 Å². The average molecular weight is 348 g/mol. The second-order valence-corrected chi connectivity index (χ2v) is 4.97. The third kappa shape index (κ3) is 5.66. The van der Waals surface area contributed by atoms with Crippen molar-refractivity contribution in [3.8, 4) is 11.5 Å². The van der Waals surface area contributed by atoms with Crippen molar-refractivity contribution in [2.24, 2.45) is 5.73 Å². The third-order valence-corrected chi connectivity index (χ3v) is 3.23. The molecule has 0 fully saturated rings. The Labute approximate surface area is 128 Å². The van der Waals surface area contributed by atoms with Crippen molar-refractivity contribution in [1.82, 2.24) is 0 Å². The number of methoxy groups -OCH3 is 2. The van der Waals surface area contributed by atoms with Crippen molar-refractivity contribution in [3.63, 3.8) is 0 Å². The number of ether oxygens (including phenoxy) is 4. The molecule has 0 atom stereocenters. The SMILES string of the molecule is COCCCOCCOc1c(Br)cc(CN)cc1OC. The second-order valence-electron chi connectivity index (χ2n) is 4.12. The molecule has 1 aromatic rings. The number of hydrogen-bond donors (Lipinski definition) is 1. The normalized spacial score (nSPS) is 10.6. The van der Waals surface area contributed by atoms with Crippen LogP contribution in [0.1, 0.15) is 12.0 Å². The summed E-state index contributed by atoms with van der Waals surface area (Å²) >= 11 is 3.47. The second kappa shape index (κ2) is 9.99. The van der Waals surface area contributed by atoms with Gasteiger partial charge in [0.2, 0.25) is 0 Å². The molecule has 0 unspecified atom stereocenters. The number of halogens is 1. The van der Waals surface area contributed by atoms with Crippen molar-refractivity contribution in [3.05, 3.63) is 22.2 Å². The minimum atomic E-state index is 0.456. The molecule has 0 radical (unpaired) electrons. The van der Waals surface area contributed by atoms with Crippen LogP contribution in [-0.4, -0.2) is 40.6 Å². The van der Waals surface area contributed by atoms with Gasteiger partial charge in [0.15, 0.2) is 11.5 Å². The molecule has 0 amide bonds. The lowest BCUT2D eigenvalue weighted by atomic mass is 10.2. The molecule has 5 nitrogen and oxygen atoms in total. The van der Waals surface area contributed by atoms with Gasteiger partial charge in [-0.25, -0.2) is 0 Å². The molecule has 0 saturated heterocycles. The fourth-order valence-electron chi connectivity index (χ4n) is 1.64. The Morgan fingerprint density at radius 3 is 2.55 bits per heavy atom. The third-order valence-electron chi connectivity index (χ3n) is 2.64. The van der Waals surface area contributed by atoms with Gasteiger partial charge in [0, 0.05) is 26.9 Å². The molecule has 6 heteroatoms. The highest BCUT2D eigenvalue weighted by Gasteiger charge is 2.11. The molecule has 1 aromatic carbocycles. The molecule has 0 aromatic heterocycles. The zero-order valence-corrected chi connectivity index (χ0v) is 13.6. The molecule has 0 aliphatic rings. The van der Waals surface area contributed by atoms with E-state index < -0.39 is 0 Å². The van der Waals surface area contributed by atoms with Crippen LogP contribution in [0, 0.1) is 0 Å². The fraction of sp³-hybridized carbons (Fsp3) is 0.571. The molecule has 1 rings (SSSR count). The quantitative estimate of drug-likeness (QED) is 0.658. The molecule has 20 heavy (non-hydrogen) atoms. The summed E-state index contributed by atoms with van der Waals surface area (Å²) in [4.78, 5) is 0. The molecule has 0 heterocycles. The lowest BCUT2D eigenvalue weighted by molar-refractivity contribution is 0.0797. The topological polar surface area (TPSA) is 62.9 Å². The zero-order chi connectivity index (χ0) is 14.8.